The van der Waals surface area contributed by atoms with Crippen LogP contribution in [-0.4, -0.2) is 30.6 Å². The van der Waals surface area contributed by atoms with Crippen LogP contribution in [0.2, 0.25) is 0 Å². The van der Waals surface area contributed by atoms with Gasteiger partial charge in [-0.3, -0.25) is 0 Å². The van der Waals surface area contributed by atoms with Crippen molar-refractivity contribution in [2.75, 3.05) is 5.73 Å². The monoisotopic (exact) mass is 465 g/mol. The molecule has 3 N–H and O–H groups in total. The minimum atomic E-state index is -1.09. The molecule has 0 amide bonds. The molecule has 5 aromatic rings. The first-order valence-electron chi connectivity index (χ1n) is 11.7. The van der Waals surface area contributed by atoms with Crippen LogP contribution in [0.1, 0.15) is 46.3 Å². The Morgan fingerprint density at radius 1 is 1.03 bits per heavy atom. The van der Waals surface area contributed by atoms with Crippen LogP contribution in [0.5, 0.6) is 0 Å². The van der Waals surface area contributed by atoms with Crippen molar-refractivity contribution in [3.63, 3.8) is 0 Å². The topological polar surface area (TPSA) is 107 Å². The smallest absolute Gasteiger partial charge is 0.340 e. The molecule has 176 valence electrons. The summed E-state index contributed by atoms with van der Waals surface area (Å²) in [5, 5.41) is 10.6. The molecule has 0 radical (unpaired) electrons. The molecular formula is C28H27N5O2. The SMILES string of the molecule is CCCc1nc2c(C)cc(C)nc2n1Cc1ccc(-c2c(C(=O)O)c(N)nc3ccccc23)cc1. The standard InChI is InChI=1S/C28H27N5O2/c1-4-7-22-32-25-16(2)14-17(3)30-27(25)33(22)15-18-10-12-19(13-11-18)23-20-8-5-6-9-21(20)31-26(29)24(23)28(34)35/h5-6,8-14H,4,7,15H2,1-3H3,(H2,29,31)(H,34,35). The molecule has 3 aromatic heterocycles. The minimum Gasteiger partial charge on any atom is -0.478 e. The Balaban J connectivity index is 1.60. The van der Waals surface area contributed by atoms with E-state index in [9.17, 15) is 9.90 Å². The molecular weight excluding hydrogens is 438 g/mol. The third kappa shape index (κ3) is 3.99. The van der Waals surface area contributed by atoms with E-state index in [1.54, 1.807) is 0 Å². The molecule has 0 fully saturated rings. The number of hydrogen-bond acceptors (Lipinski definition) is 5. The molecule has 0 atom stereocenters. The molecule has 0 aliphatic rings. The van der Waals surface area contributed by atoms with E-state index in [1.807, 2.05) is 55.5 Å². The maximum Gasteiger partial charge on any atom is 0.340 e. The first-order chi connectivity index (χ1) is 16.9. The van der Waals surface area contributed by atoms with Crippen LogP contribution in [0.3, 0.4) is 0 Å². The summed E-state index contributed by atoms with van der Waals surface area (Å²) in [6, 6.07) is 17.5. The summed E-state index contributed by atoms with van der Waals surface area (Å²) in [5.41, 5.74) is 13.1. The number of nitrogens with two attached hydrogens (primary N) is 1. The molecule has 0 spiro atoms. The van der Waals surface area contributed by atoms with E-state index in [4.69, 9.17) is 15.7 Å². The summed E-state index contributed by atoms with van der Waals surface area (Å²) in [6.07, 6.45) is 1.87. The van der Waals surface area contributed by atoms with Gasteiger partial charge in [-0.05, 0) is 49.1 Å². The molecule has 3 heterocycles. The molecule has 0 aliphatic heterocycles. The van der Waals surface area contributed by atoms with E-state index in [-0.39, 0.29) is 11.4 Å². The number of fused-ring (bicyclic) bond motifs is 2. The number of benzene rings is 2. The number of carboxylic acids is 1. The number of imidazole rings is 1. The van der Waals surface area contributed by atoms with Crippen LogP contribution in [0, 0.1) is 13.8 Å². The van der Waals surface area contributed by atoms with Crippen LogP contribution < -0.4 is 5.73 Å². The van der Waals surface area contributed by atoms with Crippen molar-refractivity contribution in [2.24, 2.45) is 0 Å². The highest BCUT2D eigenvalue weighted by Gasteiger charge is 2.21. The number of aromatic carboxylic acids is 1. The number of anilines is 1. The summed E-state index contributed by atoms with van der Waals surface area (Å²) in [5.74, 6) is -0.0549. The fourth-order valence-electron chi connectivity index (χ4n) is 4.74. The zero-order chi connectivity index (χ0) is 24.7. The Labute approximate surface area is 203 Å². The molecule has 5 rings (SSSR count). The predicted octanol–water partition coefficient (Wildman–Crippen LogP) is 5.54. The van der Waals surface area contributed by atoms with E-state index in [1.165, 1.54) is 0 Å². The van der Waals surface area contributed by atoms with Gasteiger partial charge in [-0.25, -0.2) is 19.7 Å². The maximum absolute atomic E-state index is 12.1. The highest BCUT2D eigenvalue weighted by Crippen LogP contribution is 2.34. The largest absolute Gasteiger partial charge is 0.478 e. The number of nitrogens with zero attached hydrogens (tertiary/aromatic N) is 4. The fraction of sp³-hybridized carbons (Fsp3) is 0.214. The summed E-state index contributed by atoms with van der Waals surface area (Å²) in [6.45, 7) is 6.86. The number of carboxylic acid groups (broad SMARTS) is 1. The number of nitrogen functional groups attached to an aromatic ring is 1. The lowest BCUT2D eigenvalue weighted by Gasteiger charge is -2.14. The van der Waals surface area contributed by atoms with Gasteiger partial charge in [-0.1, -0.05) is 49.4 Å². The van der Waals surface area contributed by atoms with Gasteiger partial charge in [-0.15, -0.1) is 0 Å². The molecule has 2 aromatic carbocycles. The molecule has 0 saturated heterocycles. The van der Waals surface area contributed by atoms with Crippen LogP contribution >= 0.6 is 0 Å². The number of rotatable bonds is 6. The van der Waals surface area contributed by atoms with Gasteiger partial charge in [0, 0.05) is 23.1 Å². The summed E-state index contributed by atoms with van der Waals surface area (Å²) in [7, 11) is 0. The summed E-state index contributed by atoms with van der Waals surface area (Å²) in [4.78, 5) is 26.1. The van der Waals surface area contributed by atoms with Crippen molar-refractivity contribution >= 4 is 33.9 Å². The van der Waals surface area contributed by atoms with Gasteiger partial charge in [0.05, 0.1) is 12.1 Å². The second-order valence-electron chi connectivity index (χ2n) is 8.88. The third-order valence-electron chi connectivity index (χ3n) is 6.29. The number of pyridine rings is 2. The van der Waals surface area contributed by atoms with Crippen molar-refractivity contribution in [3.05, 3.63) is 82.8 Å². The Morgan fingerprint density at radius 2 is 1.77 bits per heavy atom. The van der Waals surface area contributed by atoms with Crippen LogP contribution in [-0.2, 0) is 13.0 Å². The summed E-state index contributed by atoms with van der Waals surface area (Å²) >= 11 is 0. The minimum absolute atomic E-state index is 0.0150. The maximum atomic E-state index is 12.1. The van der Waals surface area contributed by atoms with Crippen LogP contribution in [0.25, 0.3) is 33.2 Å². The predicted molar refractivity (Wildman–Crippen MR) is 139 cm³/mol. The third-order valence-corrected chi connectivity index (χ3v) is 6.29. The fourth-order valence-corrected chi connectivity index (χ4v) is 4.74. The van der Waals surface area contributed by atoms with Crippen LogP contribution in [0.4, 0.5) is 5.82 Å². The average Bonchev–Trinajstić information content (AvgIpc) is 3.16. The lowest BCUT2D eigenvalue weighted by molar-refractivity contribution is 0.0698. The van der Waals surface area contributed by atoms with Gasteiger partial charge >= 0.3 is 5.97 Å². The zero-order valence-corrected chi connectivity index (χ0v) is 20.0. The summed E-state index contributed by atoms with van der Waals surface area (Å²) < 4.78 is 2.19. The van der Waals surface area contributed by atoms with Gasteiger partial charge in [0.2, 0.25) is 0 Å². The molecule has 7 heteroatoms. The van der Waals surface area contributed by atoms with E-state index in [0.717, 1.165) is 57.6 Å². The van der Waals surface area contributed by atoms with Crippen molar-refractivity contribution < 1.29 is 9.90 Å². The lowest BCUT2D eigenvalue weighted by Crippen LogP contribution is -2.08. The number of aryl methyl sites for hydroxylation is 3. The Hall–Kier alpha value is -4.26. The first kappa shape index (κ1) is 22.5. The molecule has 35 heavy (non-hydrogen) atoms. The van der Waals surface area contributed by atoms with E-state index >= 15 is 0 Å². The van der Waals surface area contributed by atoms with Crippen molar-refractivity contribution in [3.8, 4) is 11.1 Å². The van der Waals surface area contributed by atoms with Crippen molar-refractivity contribution in [1.82, 2.24) is 19.5 Å². The van der Waals surface area contributed by atoms with Gasteiger partial charge in [0.15, 0.2) is 5.65 Å². The average molecular weight is 466 g/mol. The Kier molecular flexibility index (Phi) is 5.68. The first-order valence-corrected chi connectivity index (χ1v) is 11.7. The van der Waals surface area contributed by atoms with E-state index < -0.39 is 5.97 Å². The highest BCUT2D eigenvalue weighted by molar-refractivity contribution is 6.09. The van der Waals surface area contributed by atoms with Gasteiger partial charge < -0.3 is 15.4 Å². The molecule has 7 nitrogen and oxygen atoms in total. The number of para-hydroxylation sites is 1. The molecule has 0 unspecified atom stereocenters. The highest BCUT2D eigenvalue weighted by atomic mass is 16.4. The lowest BCUT2D eigenvalue weighted by atomic mass is 9.95. The molecule has 0 aliphatic carbocycles. The molecule has 0 bridgehead atoms. The van der Waals surface area contributed by atoms with Gasteiger partial charge in [-0.2, -0.15) is 0 Å². The Morgan fingerprint density at radius 3 is 2.49 bits per heavy atom. The second-order valence-corrected chi connectivity index (χ2v) is 8.88. The quantitative estimate of drug-likeness (QED) is 0.341. The van der Waals surface area contributed by atoms with Crippen LogP contribution in [0.15, 0.2) is 54.6 Å². The van der Waals surface area contributed by atoms with Crippen molar-refractivity contribution in [2.45, 2.75) is 40.2 Å². The van der Waals surface area contributed by atoms with E-state index in [2.05, 4.69) is 29.5 Å². The number of carbonyl (C=O) groups is 1. The Bertz CT molecular complexity index is 1590. The zero-order valence-electron chi connectivity index (χ0n) is 20.0. The van der Waals surface area contributed by atoms with E-state index in [0.29, 0.717) is 17.6 Å². The van der Waals surface area contributed by atoms with Crippen molar-refractivity contribution in [1.29, 1.82) is 0 Å². The normalized spacial score (nSPS) is 11.4. The van der Waals surface area contributed by atoms with Gasteiger partial charge in [0.1, 0.15) is 22.7 Å². The molecule has 0 saturated carbocycles. The number of aromatic nitrogens is 4. The van der Waals surface area contributed by atoms with Gasteiger partial charge in [0.25, 0.3) is 0 Å². The number of hydrogen-bond donors (Lipinski definition) is 2. The second kappa shape index (κ2) is 8.83.